The van der Waals surface area contributed by atoms with E-state index in [1.54, 1.807) is 24.3 Å². The Hall–Kier alpha value is -2.58. The van der Waals surface area contributed by atoms with Crippen molar-refractivity contribution in [1.29, 1.82) is 0 Å². The van der Waals surface area contributed by atoms with Gasteiger partial charge < -0.3 is 21.1 Å². The van der Waals surface area contributed by atoms with Crippen LogP contribution in [0.5, 0.6) is 0 Å². The number of rotatable bonds is 5. The van der Waals surface area contributed by atoms with Crippen molar-refractivity contribution in [2.24, 2.45) is 11.7 Å². The third-order valence-corrected chi connectivity index (χ3v) is 5.35. The number of halogens is 1. The van der Waals surface area contributed by atoms with Crippen LogP contribution in [0.2, 0.25) is 5.02 Å². The second-order valence-corrected chi connectivity index (χ2v) is 7.36. The molecule has 2 heterocycles. The number of nitrogens with one attached hydrogen (secondary N) is 2. The van der Waals surface area contributed by atoms with E-state index < -0.39 is 18.0 Å². The predicted molar refractivity (Wildman–Crippen MR) is 103 cm³/mol. The molecule has 1 fully saturated rings. The van der Waals surface area contributed by atoms with Crippen molar-refractivity contribution in [2.45, 2.75) is 18.9 Å². The number of methoxy groups -OCH3 is 1. The first-order chi connectivity index (χ1) is 13.4. The maximum atomic E-state index is 12.6. The van der Waals surface area contributed by atoms with Crippen molar-refractivity contribution in [2.75, 3.05) is 26.7 Å². The van der Waals surface area contributed by atoms with Gasteiger partial charge in [0, 0.05) is 23.2 Å². The molecule has 1 aromatic carbocycles. The lowest BCUT2D eigenvalue weighted by Crippen LogP contribution is -2.49. The summed E-state index contributed by atoms with van der Waals surface area (Å²) in [7, 11) is 1.30. The van der Waals surface area contributed by atoms with Gasteiger partial charge in [-0.25, -0.2) is 9.59 Å². The molecule has 1 saturated heterocycles. The quantitative estimate of drug-likeness (QED) is 0.638. The fourth-order valence-electron chi connectivity index (χ4n) is 3.63. The van der Waals surface area contributed by atoms with Gasteiger partial charge in [0.25, 0.3) is 0 Å². The summed E-state index contributed by atoms with van der Waals surface area (Å²) >= 11 is 6.09. The maximum Gasteiger partial charge on any atom is 0.338 e. The molecule has 0 spiro atoms. The summed E-state index contributed by atoms with van der Waals surface area (Å²) in [5.41, 5.74) is 6.89. The van der Waals surface area contributed by atoms with Crippen molar-refractivity contribution >= 4 is 29.5 Å². The molecule has 0 radical (unpaired) electrons. The average Bonchev–Trinajstić information content (AvgIpc) is 2.67. The van der Waals surface area contributed by atoms with Crippen molar-refractivity contribution < 1.29 is 19.1 Å². The van der Waals surface area contributed by atoms with E-state index in [0.717, 1.165) is 0 Å². The Labute approximate surface area is 168 Å². The molecule has 3 rings (SSSR count). The standard InChI is InChI=1S/C19H23ClN4O4/c1-28-18(26)15-14(10-24-7-5-11(6-8-24)17(21)25)22-19(27)23-16(15)12-3-2-4-13(20)9-12/h2-4,9,11,16H,5-8,10H2,1H3,(H2,21,25)(H2,22,23,27)/t16-/m0/s1. The summed E-state index contributed by atoms with van der Waals surface area (Å²) in [4.78, 5) is 38.3. The number of amides is 3. The molecule has 3 amide bonds. The second kappa shape index (κ2) is 8.62. The summed E-state index contributed by atoms with van der Waals surface area (Å²) in [6, 6.07) is 5.91. The third kappa shape index (κ3) is 4.45. The van der Waals surface area contributed by atoms with Crippen LogP contribution in [-0.2, 0) is 14.3 Å². The number of piperidine rings is 1. The SMILES string of the molecule is COC(=O)C1=C(CN2CCC(C(N)=O)CC2)NC(=O)N[C@H]1c1cccc(Cl)c1. The Morgan fingerprint density at radius 1 is 1.32 bits per heavy atom. The van der Waals surface area contributed by atoms with Crippen LogP contribution in [-0.4, -0.2) is 49.6 Å². The fraction of sp³-hybridized carbons (Fsp3) is 0.421. The van der Waals surface area contributed by atoms with Gasteiger partial charge >= 0.3 is 12.0 Å². The van der Waals surface area contributed by atoms with E-state index in [0.29, 0.717) is 54.3 Å². The van der Waals surface area contributed by atoms with E-state index in [-0.39, 0.29) is 11.8 Å². The first kappa shape index (κ1) is 20.2. The summed E-state index contributed by atoms with van der Waals surface area (Å²) in [6.07, 6.45) is 1.31. The van der Waals surface area contributed by atoms with Gasteiger partial charge in [0.05, 0.1) is 18.7 Å². The van der Waals surface area contributed by atoms with E-state index >= 15 is 0 Å². The highest BCUT2D eigenvalue weighted by atomic mass is 35.5. The van der Waals surface area contributed by atoms with Crippen LogP contribution in [0.1, 0.15) is 24.4 Å². The molecule has 0 bridgehead atoms. The normalized spacial score (nSPS) is 21.1. The molecule has 1 atom stereocenters. The minimum absolute atomic E-state index is 0.132. The lowest BCUT2D eigenvalue weighted by Gasteiger charge is -2.34. The molecule has 8 nitrogen and oxygen atoms in total. The molecule has 2 aliphatic heterocycles. The fourth-order valence-corrected chi connectivity index (χ4v) is 3.83. The van der Waals surface area contributed by atoms with Crippen LogP contribution in [0.3, 0.4) is 0 Å². The van der Waals surface area contributed by atoms with Crippen LogP contribution >= 0.6 is 11.6 Å². The van der Waals surface area contributed by atoms with Crippen molar-refractivity contribution in [3.8, 4) is 0 Å². The van der Waals surface area contributed by atoms with E-state index in [1.807, 2.05) is 0 Å². The number of urea groups is 1. The van der Waals surface area contributed by atoms with Gasteiger partial charge in [0.2, 0.25) is 5.91 Å². The molecule has 0 aromatic heterocycles. The number of ether oxygens (including phenoxy) is 1. The Bertz CT molecular complexity index is 818. The number of hydrogen-bond donors (Lipinski definition) is 3. The zero-order valence-electron chi connectivity index (χ0n) is 15.5. The Balaban J connectivity index is 1.89. The lowest BCUT2D eigenvalue weighted by atomic mass is 9.93. The number of esters is 1. The molecule has 0 aliphatic carbocycles. The zero-order chi connectivity index (χ0) is 20.3. The van der Waals surface area contributed by atoms with Crippen LogP contribution in [0.15, 0.2) is 35.5 Å². The molecule has 0 unspecified atom stereocenters. The maximum absolute atomic E-state index is 12.6. The van der Waals surface area contributed by atoms with E-state index in [4.69, 9.17) is 22.1 Å². The Morgan fingerprint density at radius 2 is 2.04 bits per heavy atom. The number of carbonyl (C=O) groups is 3. The lowest BCUT2D eigenvalue weighted by molar-refractivity contribution is -0.136. The van der Waals surface area contributed by atoms with Crippen LogP contribution < -0.4 is 16.4 Å². The number of primary amides is 1. The van der Waals surface area contributed by atoms with Gasteiger partial charge in [-0.05, 0) is 43.6 Å². The topological polar surface area (TPSA) is 114 Å². The first-order valence-electron chi connectivity index (χ1n) is 9.05. The van der Waals surface area contributed by atoms with Crippen LogP contribution in [0.4, 0.5) is 4.79 Å². The summed E-state index contributed by atoms with van der Waals surface area (Å²) in [5.74, 6) is -0.947. The summed E-state index contributed by atoms with van der Waals surface area (Å²) < 4.78 is 4.97. The molecule has 2 aliphatic rings. The monoisotopic (exact) mass is 406 g/mol. The molecule has 1 aromatic rings. The molecule has 28 heavy (non-hydrogen) atoms. The predicted octanol–water partition coefficient (Wildman–Crippen LogP) is 1.32. The van der Waals surface area contributed by atoms with Gasteiger partial charge in [-0.15, -0.1) is 0 Å². The zero-order valence-corrected chi connectivity index (χ0v) is 16.3. The molecule has 4 N–H and O–H groups in total. The van der Waals surface area contributed by atoms with Crippen molar-refractivity contribution in [3.63, 3.8) is 0 Å². The molecule has 150 valence electrons. The highest BCUT2D eigenvalue weighted by Gasteiger charge is 2.34. The summed E-state index contributed by atoms with van der Waals surface area (Å²) in [6.45, 7) is 1.66. The summed E-state index contributed by atoms with van der Waals surface area (Å²) in [5, 5.41) is 6.01. The second-order valence-electron chi connectivity index (χ2n) is 6.92. The van der Waals surface area contributed by atoms with Gasteiger partial charge in [-0.1, -0.05) is 23.7 Å². The van der Waals surface area contributed by atoms with Gasteiger partial charge in [-0.2, -0.15) is 0 Å². The number of nitrogens with zero attached hydrogens (tertiary/aromatic N) is 1. The largest absolute Gasteiger partial charge is 0.466 e. The average molecular weight is 407 g/mol. The highest BCUT2D eigenvalue weighted by molar-refractivity contribution is 6.30. The van der Waals surface area contributed by atoms with Gasteiger partial charge in [0.1, 0.15) is 0 Å². The number of hydrogen-bond acceptors (Lipinski definition) is 5. The molecular weight excluding hydrogens is 384 g/mol. The number of benzene rings is 1. The smallest absolute Gasteiger partial charge is 0.338 e. The Morgan fingerprint density at radius 3 is 2.64 bits per heavy atom. The van der Waals surface area contributed by atoms with Crippen LogP contribution in [0, 0.1) is 5.92 Å². The first-order valence-corrected chi connectivity index (χ1v) is 9.43. The van der Waals surface area contributed by atoms with Crippen LogP contribution in [0.25, 0.3) is 0 Å². The molecule has 9 heteroatoms. The molecule has 0 saturated carbocycles. The van der Waals surface area contributed by atoms with E-state index in [9.17, 15) is 14.4 Å². The number of likely N-dealkylation sites (tertiary alicyclic amines) is 1. The number of carbonyl (C=O) groups excluding carboxylic acids is 3. The van der Waals surface area contributed by atoms with E-state index in [1.165, 1.54) is 7.11 Å². The van der Waals surface area contributed by atoms with Gasteiger partial charge in [0.15, 0.2) is 0 Å². The third-order valence-electron chi connectivity index (χ3n) is 5.11. The van der Waals surface area contributed by atoms with E-state index in [2.05, 4.69) is 15.5 Å². The van der Waals surface area contributed by atoms with Gasteiger partial charge in [-0.3, -0.25) is 9.69 Å². The number of nitrogens with two attached hydrogens (primary N) is 1. The van der Waals surface area contributed by atoms with Crippen molar-refractivity contribution in [3.05, 3.63) is 46.1 Å². The minimum atomic E-state index is -0.668. The van der Waals surface area contributed by atoms with Crippen molar-refractivity contribution in [1.82, 2.24) is 15.5 Å². The minimum Gasteiger partial charge on any atom is -0.466 e. The Kier molecular flexibility index (Phi) is 6.21. The highest BCUT2D eigenvalue weighted by Crippen LogP contribution is 2.30. The molecular formula is C19H23ClN4O4.